The van der Waals surface area contributed by atoms with E-state index >= 15 is 0 Å². The zero-order chi connectivity index (χ0) is 30.6. The highest BCUT2D eigenvalue weighted by Gasteiger charge is 2.03. The summed E-state index contributed by atoms with van der Waals surface area (Å²) in [6.07, 6.45) is 31.9. The molecule has 252 valence electrons. The molecule has 0 aromatic rings. The van der Waals surface area contributed by atoms with Crippen LogP contribution in [0.25, 0.3) is 0 Å². The summed E-state index contributed by atoms with van der Waals surface area (Å²) in [4.78, 5) is 11.9. The molecule has 0 aromatic carbocycles. The van der Waals surface area contributed by atoms with Crippen molar-refractivity contribution in [2.24, 2.45) is 5.92 Å². The van der Waals surface area contributed by atoms with Crippen molar-refractivity contribution in [1.82, 2.24) is 0 Å². The van der Waals surface area contributed by atoms with E-state index in [-0.39, 0.29) is 5.97 Å². The summed E-state index contributed by atoms with van der Waals surface area (Å²) >= 11 is 0. The SMILES string of the molecule is CCCCCCCCCCCOCCOCCOCCCC(=O)OCCCCCCCCCCCCCCCC(C)C. The lowest BCUT2D eigenvalue weighted by Crippen LogP contribution is -2.11. The van der Waals surface area contributed by atoms with Gasteiger partial charge in [0.25, 0.3) is 0 Å². The van der Waals surface area contributed by atoms with Crippen molar-refractivity contribution in [1.29, 1.82) is 0 Å². The summed E-state index contributed by atoms with van der Waals surface area (Å²) in [5.74, 6) is 0.765. The molecular weight excluding hydrogens is 524 g/mol. The van der Waals surface area contributed by atoms with Gasteiger partial charge in [-0.2, -0.15) is 0 Å². The van der Waals surface area contributed by atoms with Gasteiger partial charge in [-0.25, -0.2) is 0 Å². The molecule has 42 heavy (non-hydrogen) atoms. The van der Waals surface area contributed by atoms with Crippen molar-refractivity contribution >= 4 is 5.97 Å². The summed E-state index contributed by atoms with van der Waals surface area (Å²) in [5.41, 5.74) is 0. The Bertz CT molecular complexity index is 510. The van der Waals surface area contributed by atoms with Crippen LogP contribution in [0.3, 0.4) is 0 Å². The van der Waals surface area contributed by atoms with Crippen LogP contribution >= 0.6 is 0 Å². The van der Waals surface area contributed by atoms with Crippen LogP contribution in [0.1, 0.15) is 181 Å². The maximum absolute atomic E-state index is 11.9. The Kier molecular flexibility index (Phi) is 36.0. The summed E-state index contributed by atoms with van der Waals surface area (Å²) in [5, 5.41) is 0. The number of carbonyl (C=O) groups is 1. The van der Waals surface area contributed by atoms with Gasteiger partial charge >= 0.3 is 5.97 Å². The molecule has 0 heterocycles. The predicted octanol–water partition coefficient (Wildman–Crippen LogP) is 11.0. The number of ether oxygens (including phenoxy) is 4. The molecule has 0 spiro atoms. The maximum Gasteiger partial charge on any atom is 0.305 e. The Morgan fingerprint density at radius 2 is 0.786 bits per heavy atom. The number of hydrogen-bond donors (Lipinski definition) is 0. The van der Waals surface area contributed by atoms with Crippen LogP contribution in [0.5, 0.6) is 0 Å². The zero-order valence-corrected chi connectivity index (χ0v) is 28.7. The number of hydrogen-bond acceptors (Lipinski definition) is 5. The highest BCUT2D eigenvalue weighted by Crippen LogP contribution is 2.14. The molecular formula is C37H74O5. The van der Waals surface area contributed by atoms with Gasteiger partial charge in [0.1, 0.15) is 0 Å². The molecule has 0 aliphatic carbocycles. The van der Waals surface area contributed by atoms with Crippen molar-refractivity contribution in [2.75, 3.05) is 46.2 Å². The average Bonchev–Trinajstić information content (AvgIpc) is 2.98. The second-order valence-electron chi connectivity index (χ2n) is 12.8. The minimum absolute atomic E-state index is 0.0982. The first-order valence-corrected chi connectivity index (χ1v) is 18.6. The van der Waals surface area contributed by atoms with Gasteiger partial charge in [0, 0.05) is 19.6 Å². The largest absolute Gasteiger partial charge is 0.466 e. The third-order valence-electron chi connectivity index (χ3n) is 7.99. The van der Waals surface area contributed by atoms with E-state index in [1.807, 2.05) is 0 Å². The predicted molar refractivity (Wildman–Crippen MR) is 179 cm³/mol. The van der Waals surface area contributed by atoms with Crippen LogP contribution in [-0.2, 0) is 23.7 Å². The summed E-state index contributed by atoms with van der Waals surface area (Å²) in [6, 6.07) is 0. The van der Waals surface area contributed by atoms with Crippen molar-refractivity contribution in [3.63, 3.8) is 0 Å². The maximum atomic E-state index is 11.9. The van der Waals surface area contributed by atoms with E-state index in [1.165, 1.54) is 128 Å². The summed E-state index contributed by atoms with van der Waals surface area (Å²) in [7, 11) is 0. The first kappa shape index (κ1) is 41.4. The van der Waals surface area contributed by atoms with Gasteiger partial charge in [-0.3, -0.25) is 4.79 Å². The highest BCUT2D eigenvalue weighted by atomic mass is 16.5. The lowest BCUT2D eigenvalue weighted by molar-refractivity contribution is -0.144. The highest BCUT2D eigenvalue weighted by molar-refractivity contribution is 5.69. The third-order valence-corrected chi connectivity index (χ3v) is 7.99. The number of esters is 1. The average molecular weight is 599 g/mol. The molecule has 0 N–H and O–H groups in total. The first-order valence-electron chi connectivity index (χ1n) is 18.6. The fraction of sp³-hybridized carbons (Fsp3) is 0.973. The Morgan fingerprint density at radius 3 is 1.24 bits per heavy atom. The number of unbranched alkanes of at least 4 members (excludes halogenated alkanes) is 20. The van der Waals surface area contributed by atoms with Crippen molar-refractivity contribution < 1.29 is 23.7 Å². The van der Waals surface area contributed by atoms with Gasteiger partial charge in [-0.05, 0) is 25.2 Å². The number of carbonyl (C=O) groups excluding carboxylic acids is 1. The molecule has 0 rings (SSSR count). The molecule has 5 heteroatoms. The molecule has 0 radical (unpaired) electrons. The lowest BCUT2D eigenvalue weighted by Gasteiger charge is -2.07. The molecule has 0 unspecified atom stereocenters. The van der Waals surface area contributed by atoms with E-state index in [9.17, 15) is 4.79 Å². The quantitative estimate of drug-likeness (QED) is 0.0530. The Morgan fingerprint density at radius 1 is 0.429 bits per heavy atom. The molecule has 0 aromatic heterocycles. The van der Waals surface area contributed by atoms with E-state index in [0.29, 0.717) is 52.5 Å². The topological polar surface area (TPSA) is 54.0 Å². The van der Waals surface area contributed by atoms with Crippen molar-refractivity contribution in [2.45, 2.75) is 181 Å². The van der Waals surface area contributed by atoms with Gasteiger partial charge < -0.3 is 18.9 Å². The van der Waals surface area contributed by atoms with Gasteiger partial charge in [0.05, 0.1) is 33.0 Å². The molecule has 0 atom stereocenters. The van der Waals surface area contributed by atoms with E-state index in [1.54, 1.807) is 0 Å². The van der Waals surface area contributed by atoms with Crippen LogP contribution in [0.15, 0.2) is 0 Å². The molecule has 0 saturated heterocycles. The van der Waals surface area contributed by atoms with Gasteiger partial charge in [0.2, 0.25) is 0 Å². The molecule has 0 saturated carbocycles. The van der Waals surface area contributed by atoms with E-state index in [2.05, 4.69) is 20.8 Å². The lowest BCUT2D eigenvalue weighted by atomic mass is 10.0. The summed E-state index contributed by atoms with van der Waals surface area (Å²) in [6.45, 7) is 11.3. The minimum atomic E-state index is -0.0982. The molecule has 5 nitrogen and oxygen atoms in total. The van der Waals surface area contributed by atoms with Crippen molar-refractivity contribution in [3.8, 4) is 0 Å². The normalized spacial score (nSPS) is 11.5. The Hall–Kier alpha value is -0.650. The van der Waals surface area contributed by atoms with Crippen LogP contribution in [0.2, 0.25) is 0 Å². The second kappa shape index (κ2) is 36.5. The van der Waals surface area contributed by atoms with Crippen LogP contribution < -0.4 is 0 Å². The number of rotatable bonds is 36. The fourth-order valence-electron chi connectivity index (χ4n) is 5.23. The molecule has 0 aliphatic heterocycles. The first-order chi connectivity index (χ1) is 20.7. The van der Waals surface area contributed by atoms with Crippen LogP contribution in [0.4, 0.5) is 0 Å². The minimum Gasteiger partial charge on any atom is -0.466 e. The van der Waals surface area contributed by atoms with Gasteiger partial charge in [0.15, 0.2) is 0 Å². The third kappa shape index (κ3) is 37.4. The van der Waals surface area contributed by atoms with Crippen LogP contribution in [0, 0.1) is 5.92 Å². The second-order valence-corrected chi connectivity index (χ2v) is 12.8. The van der Waals surface area contributed by atoms with Gasteiger partial charge in [-0.15, -0.1) is 0 Å². The van der Waals surface area contributed by atoms with Crippen molar-refractivity contribution in [3.05, 3.63) is 0 Å². The Labute approximate surface area is 262 Å². The van der Waals surface area contributed by atoms with E-state index in [0.717, 1.165) is 31.8 Å². The molecule has 0 amide bonds. The van der Waals surface area contributed by atoms with E-state index < -0.39 is 0 Å². The Balaban J connectivity index is 3.15. The molecule has 0 bridgehead atoms. The summed E-state index contributed by atoms with van der Waals surface area (Å²) < 4.78 is 22.1. The van der Waals surface area contributed by atoms with Gasteiger partial charge in [-0.1, -0.05) is 156 Å². The van der Waals surface area contributed by atoms with E-state index in [4.69, 9.17) is 18.9 Å². The molecule has 0 aliphatic rings. The van der Waals surface area contributed by atoms with Crippen LogP contribution in [-0.4, -0.2) is 52.2 Å². The monoisotopic (exact) mass is 599 g/mol. The zero-order valence-electron chi connectivity index (χ0n) is 28.7. The fourth-order valence-corrected chi connectivity index (χ4v) is 5.23. The standard InChI is InChI=1S/C37H74O5/c1-4-5-6-7-8-15-18-21-24-29-39-32-34-41-35-33-40-30-26-28-37(38)42-31-25-22-19-16-13-11-9-10-12-14-17-20-23-27-36(2)3/h36H,4-35H2,1-3H3. The smallest absolute Gasteiger partial charge is 0.305 e. The molecule has 0 fully saturated rings.